The van der Waals surface area contributed by atoms with Gasteiger partial charge in [0, 0.05) is 28.3 Å². The molecule has 1 aliphatic heterocycles. The van der Waals surface area contributed by atoms with Gasteiger partial charge in [0.1, 0.15) is 0 Å². The van der Waals surface area contributed by atoms with E-state index in [9.17, 15) is 9.59 Å². The molecule has 1 aromatic rings. The standard InChI is InChI=1S/C19H23NO3S2/c1-5-23-18(22)15-11(3)20-13-7-6-8-14(21)17(13)16(15)12-9-10(2)25-19(12)24-4/h9,16,20H,5-8H2,1-4H3. The first-order chi connectivity index (χ1) is 12.0. The number of ether oxygens (including phenoxy) is 1. The molecule has 2 heterocycles. The fourth-order valence-corrected chi connectivity index (χ4v) is 5.56. The highest BCUT2D eigenvalue weighted by atomic mass is 32.2. The van der Waals surface area contributed by atoms with Gasteiger partial charge in [-0.1, -0.05) is 0 Å². The molecule has 0 bridgehead atoms. The molecule has 134 valence electrons. The van der Waals surface area contributed by atoms with Crippen molar-refractivity contribution in [2.45, 2.75) is 50.2 Å². The number of ketones is 1. The van der Waals surface area contributed by atoms with Crippen LogP contribution in [0.4, 0.5) is 0 Å². The van der Waals surface area contributed by atoms with Gasteiger partial charge in [-0.05, 0) is 51.5 Å². The van der Waals surface area contributed by atoms with Gasteiger partial charge in [0.2, 0.25) is 0 Å². The summed E-state index contributed by atoms with van der Waals surface area (Å²) in [7, 11) is 0. The zero-order valence-electron chi connectivity index (χ0n) is 15.0. The van der Waals surface area contributed by atoms with Gasteiger partial charge in [-0.3, -0.25) is 4.79 Å². The molecule has 1 atom stereocenters. The number of Topliss-reactive ketones (excluding diaryl/α,β-unsaturated/α-hetero) is 1. The van der Waals surface area contributed by atoms with Crippen LogP contribution >= 0.6 is 23.1 Å². The summed E-state index contributed by atoms with van der Waals surface area (Å²) in [5, 5.41) is 3.32. The van der Waals surface area contributed by atoms with Crippen LogP contribution in [-0.2, 0) is 14.3 Å². The Labute approximate surface area is 156 Å². The molecule has 25 heavy (non-hydrogen) atoms. The number of carbonyl (C=O) groups excluding carboxylic acids is 2. The first-order valence-corrected chi connectivity index (χ1v) is 10.6. The first-order valence-electron chi connectivity index (χ1n) is 8.53. The predicted molar refractivity (Wildman–Crippen MR) is 102 cm³/mol. The Bertz CT molecular complexity index is 789. The van der Waals surface area contributed by atoms with Crippen LogP contribution in [0.25, 0.3) is 0 Å². The number of thioether (sulfide) groups is 1. The van der Waals surface area contributed by atoms with Crippen molar-refractivity contribution in [2.24, 2.45) is 0 Å². The van der Waals surface area contributed by atoms with Gasteiger partial charge in [0.05, 0.1) is 22.3 Å². The third-order valence-electron chi connectivity index (χ3n) is 4.62. The van der Waals surface area contributed by atoms with Gasteiger partial charge in [0.15, 0.2) is 5.78 Å². The SMILES string of the molecule is CCOC(=O)C1=C(C)NC2=C(C(=O)CCC2)C1c1cc(C)sc1SC. The maximum Gasteiger partial charge on any atom is 0.336 e. The number of dihydropyridines is 1. The molecule has 1 N–H and O–H groups in total. The van der Waals surface area contributed by atoms with Crippen molar-refractivity contribution >= 4 is 34.9 Å². The fourth-order valence-electron chi connectivity index (χ4n) is 3.65. The van der Waals surface area contributed by atoms with E-state index < -0.39 is 0 Å². The molecule has 4 nitrogen and oxygen atoms in total. The zero-order chi connectivity index (χ0) is 18.1. The van der Waals surface area contributed by atoms with E-state index in [1.807, 2.05) is 13.2 Å². The highest BCUT2D eigenvalue weighted by molar-refractivity contribution is 8.00. The Morgan fingerprint density at radius 2 is 2.16 bits per heavy atom. The molecule has 0 saturated heterocycles. The predicted octanol–water partition coefficient (Wildman–Crippen LogP) is 4.31. The topological polar surface area (TPSA) is 55.4 Å². The van der Waals surface area contributed by atoms with Crippen LogP contribution in [0.3, 0.4) is 0 Å². The van der Waals surface area contributed by atoms with E-state index in [-0.39, 0.29) is 17.7 Å². The lowest BCUT2D eigenvalue weighted by Crippen LogP contribution is -2.34. The number of nitrogens with one attached hydrogen (secondary N) is 1. The van der Waals surface area contributed by atoms with E-state index in [0.29, 0.717) is 18.6 Å². The molecule has 1 aromatic heterocycles. The summed E-state index contributed by atoms with van der Waals surface area (Å²) in [5.74, 6) is -0.516. The molecule has 1 aliphatic carbocycles. The van der Waals surface area contributed by atoms with Gasteiger partial charge < -0.3 is 10.1 Å². The van der Waals surface area contributed by atoms with Crippen molar-refractivity contribution in [3.05, 3.63) is 39.0 Å². The third-order valence-corrected chi connectivity index (χ3v) is 6.83. The molecule has 0 aromatic carbocycles. The van der Waals surface area contributed by atoms with Crippen LogP contribution in [0, 0.1) is 6.92 Å². The average molecular weight is 378 g/mol. The van der Waals surface area contributed by atoms with Crippen LogP contribution in [0.1, 0.15) is 49.5 Å². The van der Waals surface area contributed by atoms with Crippen molar-refractivity contribution in [2.75, 3.05) is 12.9 Å². The van der Waals surface area contributed by atoms with Crippen LogP contribution < -0.4 is 5.32 Å². The smallest absolute Gasteiger partial charge is 0.336 e. The highest BCUT2D eigenvalue weighted by Gasteiger charge is 2.40. The van der Waals surface area contributed by atoms with Crippen LogP contribution in [0.5, 0.6) is 0 Å². The molecule has 0 saturated carbocycles. The van der Waals surface area contributed by atoms with Gasteiger partial charge in [-0.25, -0.2) is 4.79 Å². The summed E-state index contributed by atoms with van der Waals surface area (Å²) in [4.78, 5) is 26.7. The molecule has 3 rings (SSSR count). The highest BCUT2D eigenvalue weighted by Crippen LogP contribution is 2.47. The third kappa shape index (κ3) is 3.29. The Kier molecular flexibility index (Phi) is 5.39. The molecule has 0 spiro atoms. The van der Waals surface area contributed by atoms with E-state index in [2.05, 4.69) is 18.3 Å². The molecular weight excluding hydrogens is 354 g/mol. The fraction of sp³-hybridized carbons (Fsp3) is 0.474. The summed E-state index contributed by atoms with van der Waals surface area (Å²) < 4.78 is 6.48. The van der Waals surface area contributed by atoms with Crippen LogP contribution in [0.15, 0.2) is 32.8 Å². The normalized spacial score (nSPS) is 20.5. The van der Waals surface area contributed by atoms with Crippen molar-refractivity contribution in [1.82, 2.24) is 5.32 Å². The summed E-state index contributed by atoms with van der Waals surface area (Å²) in [6.45, 7) is 6.09. The Balaban J connectivity index is 2.20. The Morgan fingerprint density at radius 3 is 2.84 bits per heavy atom. The largest absolute Gasteiger partial charge is 0.463 e. The quantitative estimate of drug-likeness (QED) is 0.626. The summed E-state index contributed by atoms with van der Waals surface area (Å²) in [5.41, 5.74) is 4.16. The molecule has 6 heteroatoms. The number of allylic oxidation sites excluding steroid dienone is 3. The van der Waals surface area contributed by atoms with Crippen molar-refractivity contribution in [3.8, 4) is 0 Å². The van der Waals surface area contributed by atoms with Crippen LogP contribution in [-0.4, -0.2) is 24.6 Å². The summed E-state index contributed by atoms with van der Waals surface area (Å²) in [6, 6.07) is 2.12. The monoisotopic (exact) mass is 377 g/mol. The lowest BCUT2D eigenvalue weighted by atomic mass is 9.76. The number of hydrogen-bond donors (Lipinski definition) is 1. The summed E-state index contributed by atoms with van der Waals surface area (Å²) >= 11 is 3.38. The number of rotatable bonds is 4. The van der Waals surface area contributed by atoms with E-state index in [1.165, 1.54) is 4.88 Å². The van der Waals surface area contributed by atoms with Gasteiger partial charge in [-0.2, -0.15) is 0 Å². The minimum Gasteiger partial charge on any atom is -0.463 e. The number of esters is 1. The second-order valence-electron chi connectivity index (χ2n) is 6.29. The Hall–Kier alpha value is -1.53. The zero-order valence-corrected chi connectivity index (χ0v) is 16.7. The molecule has 0 radical (unpaired) electrons. The number of aryl methyl sites for hydroxylation is 1. The Morgan fingerprint density at radius 1 is 1.40 bits per heavy atom. The van der Waals surface area contributed by atoms with Gasteiger partial charge in [0.25, 0.3) is 0 Å². The van der Waals surface area contributed by atoms with E-state index in [4.69, 9.17) is 4.74 Å². The average Bonchev–Trinajstić information content (AvgIpc) is 2.94. The van der Waals surface area contributed by atoms with Gasteiger partial charge >= 0.3 is 5.97 Å². The maximum atomic E-state index is 12.8. The van der Waals surface area contributed by atoms with Crippen molar-refractivity contribution in [3.63, 3.8) is 0 Å². The summed E-state index contributed by atoms with van der Waals surface area (Å²) in [6.07, 6.45) is 4.29. The molecular formula is C19H23NO3S2. The molecule has 0 amide bonds. The maximum absolute atomic E-state index is 12.8. The van der Waals surface area contributed by atoms with Crippen molar-refractivity contribution < 1.29 is 14.3 Å². The lowest BCUT2D eigenvalue weighted by Gasteiger charge is -2.34. The lowest BCUT2D eigenvalue weighted by molar-refractivity contribution is -0.138. The second kappa shape index (κ2) is 7.38. The minimum absolute atomic E-state index is 0.143. The number of carbonyl (C=O) groups is 2. The van der Waals surface area contributed by atoms with E-state index >= 15 is 0 Å². The van der Waals surface area contributed by atoms with Crippen LogP contribution in [0.2, 0.25) is 0 Å². The minimum atomic E-state index is -0.335. The van der Waals surface area contributed by atoms with E-state index in [0.717, 1.165) is 39.6 Å². The molecule has 2 aliphatic rings. The first kappa shape index (κ1) is 18.3. The number of hydrogen-bond acceptors (Lipinski definition) is 6. The van der Waals surface area contributed by atoms with Gasteiger partial charge in [-0.15, -0.1) is 23.1 Å². The van der Waals surface area contributed by atoms with Crippen molar-refractivity contribution in [1.29, 1.82) is 0 Å². The van der Waals surface area contributed by atoms with E-state index in [1.54, 1.807) is 30.0 Å². The second-order valence-corrected chi connectivity index (χ2v) is 8.62. The number of thiophene rings is 1. The molecule has 1 unspecified atom stereocenters. The molecule has 0 fully saturated rings.